The lowest BCUT2D eigenvalue weighted by molar-refractivity contribution is 0.356. The van der Waals surface area contributed by atoms with Gasteiger partial charge in [0, 0.05) is 18.0 Å². The Kier molecular flexibility index (Phi) is 5.03. The molecular weight excluding hydrogens is 316 g/mol. The van der Waals surface area contributed by atoms with E-state index in [1.165, 1.54) is 12.8 Å². The molecule has 1 aliphatic rings. The molecule has 2 heterocycles. The summed E-state index contributed by atoms with van der Waals surface area (Å²) in [6, 6.07) is 3.70. The van der Waals surface area contributed by atoms with Crippen LogP contribution in [-0.4, -0.2) is 43.8 Å². The second-order valence-electron chi connectivity index (χ2n) is 5.64. The van der Waals surface area contributed by atoms with Crippen LogP contribution >= 0.6 is 11.6 Å². The summed E-state index contributed by atoms with van der Waals surface area (Å²) in [6.07, 6.45) is 2.34. The number of aromatic nitrogens is 2. The maximum absolute atomic E-state index is 6.07. The molecule has 0 radical (unpaired) electrons. The van der Waals surface area contributed by atoms with Gasteiger partial charge in [-0.3, -0.25) is 0 Å². The van der Waals surface area contributed by atoms with Gasteiger partial charge in [0.05, 0.1) is 19.7 Å². The molecule has 124 valence electrons. The standard InChI is InChI=1S/C16H21ClN4O2/c1-22-13-7-11-12(8-14(13)23-2)20-16(17)21-15(11)19-9-10-3-5-18-6-4-10/h7-8,10,18H,3-6,9H2,1-2H3,(H,19,20,21). The van der Waals surface area contributed by atoms with Gasteiger partial charge in [0.15, 0.2) is 11.5 Å². The average Bonchev–Trinajstić information content (AvgIpc) is 2.59. The highest BCUT2D eigenvalue weighted by Gasteiger charge is 2.16. The van der Waals surface area contributed by atoms with Crippen LogP contribution in [0.4, 0.5) is 5.82 Å². The Bertz CT molecular complexity index is 689. The zero-order chi connectivity index (χ0) is 16.2. The first kappa shape index (κ1) is 16.1. The van der Waals surface area contributed by atoms with Crippen LogP contribution in [0.25, 0.3) is 10.9 Å². The smallest absolute Gasteiger partial charge is 0.224 e. The number of methoxy groups -OCH3 is 2. The molecule has 6 nitrogen and oxygen atoms in total. The number of benzene rings is 1. The van der Waals surface area contributed by atoms with Crippen LogP contribution in [0.15, 0.2) is 12.1 Å². The van der Waals surface area contributed by atoms with Crippen LogP contribution in [-0.2, 0) is 0 Å². The van der Waals surface area contributed by atoms with Crippen molar-refractivity contribution in [3.05, 3.63) is 17.4 Å². The highest BCUT2D eigenvalue weighted by Crippen LogP contribution is 2.34. The topological polar surface area (TPSA) is 68.3 Å². The number of hydrogen-bond donors (Lipinski definition) is 2. The second-order valence-corrected chi connectivity index (χ2v) is 5.98. The van der Waals surface area contributed by atoms with Gasteiger partial charge in [-0.15, -0.1) is 0 Å². The van der Waals surface area contributed by atoms with Crippen LogP contribution < -0.4 is 20.1 Å². The summed E-state index contributed by atoms with van der Waals surface area (Å²) < 4.78 is 10.7. The molecule has 3 rings (SSSR count). The van der Waals surface area contributed by atoms with E-state index in [9.17, 15) is 0 Å². The van der Waals surface area contributed by atoms with E-state index < -0.39 is 0 Å². The van der Waals surface area contributed by atoms with Crippen LogP contribution in [0.2, 0.25) is 5.28 Å². The molecule has 1 saturated heterocycles. The number of fused-ring (bicyclic) bond motifs is 1. The molecule has 0 atom stereocenters. The van der Waals surface area contributed by atoms with Crippen molar-refractivity contribution < 1.29 is 9.47 Å². The predicted molar refractivity (Wildman–Crippen MR) is 91.7 cm³/mol. The minimum absolute atomic E-state index is 0.220. The Morgan fingerprint density at radius 3 is 2.57 bits per heavy atom. The summed E-state index contributed by atoms with van der Waals surface area (Å²) >= 11 is 6.07. The highest BCUT2D eigenvalue weighted by molar-refractivity contribution is 6.28. The van der Waals surface area contributed by atoms with Gasteiger partial charge in [0.2, 0.25) is 5.28 Å². The highest BCUT2D eigenvalue weighted by atomic mass is 35.5. The van der Waals surface area contributed by atoms with E-state index in [0.29, 0.717) is 17.4 Å². The lowest BCUT2D eigenvalue weighted by Gasteiger charge is -2.23. The van der Waals surface area contributed by atoms with Crippen molar-refractivity contribution in [2.75, 3.05) is 39.2 Å². The van der Waals surface area contributed by atoms with Gasteiger partial charge in [-0.05, 0) is 49.5 Å². The summed E-state index contributed by atoms with van der Waals surface area (Å²) in [5, 5.41) is 7.90. The molecule has 7 heteroatoms. The quantitative estimate of drug-likeness (QED) is 0.818. The number of rotatable bonds is 5. The third-order valence-electron chi connectivity index (χ3n) is 4.19. The number of nitrogens with zero attached hydrogens (tertiary/aromatic N) is 2. The van der Waals surface area contributed by atoms with Crippen LogP contribution in [0.5, 0.6) is 11.5 Å². The Morgan fingerprint density at radius 2 is 1.87 bits per heavy atom. The summed E-state index contributed by atoms with van der Waals surface area (Å²) in [6.45, 7) is 3.02. The first-order valence-electron chi connectivity index (χ1n) is 7.75. The van der Waals surface area contributed by atoms with E-state index in [2.05, 4.69) is 20.6 Å². The average molecular weight is 337 g/mol. The number of halogens is 1. The van der Waals surface area contributed by atoms with Gasteiger partial charge < -0.3 is 20.1 Å². The van der Waals surface area contributed by atoms with Gasteiger partial charge >= 0.3 is 0 Å². The lowest BCUT2D eigenvalue weighted by Crippen LogP contribution is -2.31. The van der Waals surface area contributed by atoms with Crippen molar-refractivity contribution in [1.29, 1.82) is 0 Å². The molecule has 2 aromatic rings. The van der Waals surface area contributed by atoms with Crippen LogP contribution in [0.1, 0.15) is 12.8 Å². The monoisotopic (exact) mass is 336 g/mol. The Balaban J connectivity index is 1.91. The van der Waals surface area contributed by atoms with Gasteiger partial charge in [-0.2, -0.15) is 0 Å². The Hall–Kier alpha value is -1.79. The third kappa shape index (κ3) is 3.59. The molecule has 1 fully saturated rings. The maximum Gasteiger partial charge on any atom is 0.224 e. The molecule has 23 heavy (non-hydrogen) atoms. The largest absolute Gasteiger partial charge is 0.493 e. The van der Waals surface area contributed by atoms with E-state index in [1.807, 2.05) is 12.1 Å². The van der Waals surface area contributed by atoms with E-state index in [4.69, 9.17) is 21.1 Å². The zero-order valence-electron chi connectivity index (χ0n) is 13.4. The molecule has 2 N–H and O–H groups in total. The van der Waals surface area contributed by atoms with Gasteiger partial charge in [-0.25, -0.2) is 9.97 Å². The summed E-state index contributed by atoms with van der Waals surface area (Å²) in [5.74, 6) is 2.65. The normalized spacial score (nSPS) is 15.6. The van der Waals surface area contributed by atoms with E-state index in [-0.39, 0.29) is 5.28 Å². The van der Waals surface area contributed by atoms with Crippen molar-refractivity contribution in [3.8, 4) is 11.5 Å². The molecule has 0 unspecified atom stereocenters. The maximum atomic E-state index is 6.07. The van der Waals surface area contributed by atoms with Crippen molar-refractivity contribution in [2.24, 2.45) is 5.92 Å². The van der Waals surface area contributed by atoms with Crippen LogP contribution in [0.3, 0.4) is 0 Å². The molecule has 0 amide bonds. The molecule has 1 aliphatic heterocycles. The minimum atomic E-state index is 0.220. The Morgan fingerprint density at radius 1 is 1.17 bits per heavy atom. The zero-order valence-corrected chi connectivity index (χ0v) is 14.1. The van der Waals surface area contributed by atoms with Crippen molar-refractivity contribution >= 4 is 28.3 Å². The van der Waals surface area contributed by atoms with E-state index >= 15 is 0 Å². The summed E-state index contributed by atoms with van der Waals surface area (Å²) in [4.78, 5) is 8.63. The molecule has 0 spiro atoms. The fraction of sp³-hybridized carbons (Fsp3) is 0.500. The number of anilines is 1. The predicted octanol–water partition coefficient (Wildman–Crippen LogP) is 2.71. The Labute approximate surface area is 140 Å². The first-order chi connectivity index (χ1) is 11.2. The van der Waals surface area contributed by atoms with Crippen molar-refractivity contribution in [1.82, 2.24) is 15.3 Å². The molecule has 0 aliphatic carbocycles. The van der Waals surface area contributed by atoms with Crippen LogP contribution in [0, 0.1) is 5.92 Å². The van der Waals surface area contributed by atoms with E-state index in [1.54, 1.807) is 14.2 Å². The molecule has 1 aromatic carbocycles. The number of ether oxygens (including phenoxy) is 2. The molecule has 0 bridgehead atoms. The molecule has 0 saturated carbocycles. The lowest BCUT2D eigenvalue weighted by atomic mass is 9.98. The molecule has 1 aromatic heterocycles. The fourth-order valence-corrected chi connectivity index (χ4v) is 3.06. The summed E-state index contributed by atoms with van der Waals surface area (Å²) in [7, 11) is 3.21. The van der Waals surface area contributed by atoms with Gasteiger partial charge in [0.25, 0.3) is 0 Å². The first-order valence-corrected chi connectivity index (χ1v) is 8.13. The number of hydrogen-bond acceptors (Lipinski definition) is 6. The SMILES string of the molecule is COc1cc2nc(Cl)nc(NCC3CCNCC3)c2cc1OC. The van der Waals surface area contributed by atoms with E-state index in [0.717, 1.165) is 36.4 Å². The second kappa shape index (κ2) is 7.19. The fourth-order valence-electron chi connectivity index (χ4n) is 2.89. The summed E-state index contributed by atoms with van der Waals surface area (Å²) in [5.41, 5.74) is 0.732. The van der Waals surface area contributed by atoms with Gasteiger partial charge in [-0.1, -0.05) is 0 Å². The van der Waals surface area contributed by atoms with Crippen molar-refractivity contribution in [2.45, 2.75) is 12.8 Å². The van der Waals surface area contributed by atoms with Crippen molar-refractivity contribution in [3.63, 3.8) is 0 Å². The molecular formula is C16H21ClN4O2. The third-order valence-corrected chi connectivity index (χ3v) is 4.36. The van der Waals surface area contributed by atoms with Gasteiger partial charge in [0.1, 0.15) is 5.82 Å². The number of nitrogens with one attached hydrogen (secondary N) is 2. The number of piperidine rings is 1. The minimum Gasteiger partial charge on any atom is -0.493 e.